The molecule has 3 rings (SSSR count). The second-order valence-electron chi connectivity index (χ2n) is 5.31. The molecule has 2 heterocycles. The Kier molecular flexibility index (Phi) is 4.87. The predicted octanol–water partition coefficient (Wildman–Crippen LogP) is 4.43. The van der Waals surface area contributed by atoms with E-state index in [4.69, 9.17) is 23.2 Å². The molecule has 2 N–H and O–H groups in total. The van der Waals surface area contributed by atoms with Gasteiger partial charge in [0.05, 0.1) is 24.1 Å². The molecule has 0 saturated carbocycles. The van der Waals surface area contributed by atoms with Gasteiger partial charge in [0.15, 0.2) is 5.82 Å². The van der Waals surface area contributed by atoms with E-state index in [1.807, 2.05) is 44.4 Å². The van der Waals surface area contributed by atoms with Crippen LogP contribution >= 0.6 is 23.2 Å². The van der Waals surface area contributed by atoms with Crippen LogP contribution in [0.15, 0.2) is 42.9 Å². The van der Waals surface area contributed by atoms with E-state index in [1.165, 1.54) is 0 Å². The summed E-state index contributed by atoms with van der Waals surface area (Å²) in [4.78, 5) is 8.61. The van der Waals surface area contributed by atoms with Crippen LogP contribution < -0.4 is 10.6 Å². The first kappa shape index (κ1) is 16.5. The Morgan fingerprint density at radius 2 is 1.92 bits per heavy atom. The lowest BCUT2D eigenvalue weighted by Gasteiger charge is -2.17. The molecule has 2 aromatic heterocycles. The monoisotopic (exact) mass is 362 g/mol. The number of benzene rings is 1. The van der Waals surface area contributed by atoms with Crippen molar-refractivity contribution in [1.29, 1.82) is 0 Å². The van der Waals surface area contributed by atoms with E-state index in [1.54, 1.807) is 17.1 Å². The van der Waals surface area contributed by atoms with Gasteiger partial charge in [0.1, 0.15) is 5.02 Å². The lowest BCUT2D eigenvalue weighted by atomic mass is 10.1. The van der Waals surface area contributed by atoms with Gasteiger partial charge in [-0.05, 0) is 18.6 Å². The quantitative estimate of drug-likeness (QED) is 0.702. The van der Waals surface area contributed by atoms with E-state index in [9.17, 15) is 0 Å². The van der Waals surface area contributed by atoms with Gasteiger partial charge in [-0.15, -0.1) is 0 Å². The summed E-state index contributed by atoms with van der Waals surface area (Å²) < 4.78 is 1.69. The van der Waals surface area contributed by atoms with Gasteiger partial charge < -0.3 is 10.6 Å². The molecule has 1 unspecified atom stereocenters. The highest BCUT2D eigenvalue weighted by Crippen LogP contribution is 2.28. The topological polar surface area (TPSA) is 67.7 Å². The van der Waals surface area contributed by atoms with E-state index >= 15 is 0 Å². The minimum Gasteiger partial charge on any atom is -0.362 e. The molecule has 0 aliphatic heterocycles. The van der Waals surface area contributed by atoms with Crippen LogP contribution in [-0.4, -0.2) is 19.7 Å². The molecule has 1 aromatic carbocycles. The van der Waals surface area contributed by atoms with Crippen molar-refractivity contribution in [2.24, 2.45) is 7.05 Å². The fraction of sp³-hybridized carbons (Fsp3) is 0.188. The van der Waals surface area contributed by atoms with E-state index in [0.717, 1.165) is 11.3 Å². The molecule has 3 aromatic rings. The Labute approximate surface area is 149 Å². The molecular weight excluding hydrogens is 347 g/mol. The third-order valence-corrected chi connectivity index (χ3v) is 4.05. The second-order valence-corrected chi connectivity index (χ2v) is 6.12. The van der Waals surface area contributed by atoms with Gasteiger partial charge >= 0.3 is 0 Å². The molecule has 0 aliphatic rings. The maximum atomic E-state index is 6.24. The summed E-state index contributed by atoms with van der Waals surface area (Å²) >= 11 is 12.4. The Balaban J connectivity index is 1.80. The molecule has 0 bridgehead atoms. The maximum absolute atomic E-state index is 6.24. The van der Waals surface area contributed by atoms with Gasteiger partial charge in [0, 0.05) is 18.3 Å². The lowest BCUT2D eigenvalue weighted by molar-refractivity contribution is 0.768. The van der Waals surface area contributed by atoms with Gasteiger partial charge in [-0.3, -0.25) is 4.68 Å². The summed E-state index contributed by atoms with van der Waals surface area (Å²) in [5.41, 5.74) is 1.76. The average molecular weight is 363 g/mol. The highest BCUT2D eigenvalue weighted by Gasteiger charge is 2.13. The number of rotatable bonds is 5. The van der Waals surface area contributed by atoms with Crippen molar-refractivity contribution in [3.63, 3.8) is 0 Å². The minimum absolute atomic E-state index is 0.0580. The fourth-order valence-electron chi connectivity index (χ4n) is 2.25. The van der Waals surface area contributed by atoms with E-state index in [0.29, 0.717) is 21.8 Å². The predicted molar refractivity (Wildman–Crippen MR) is 97.0 cm³/mol. The van der Waals surface area contributed by atoms with E-state index in [-0.39, 0.29) is 6.04 Å². The zero-order valence-electron chi connectivity index (χ0n) is 13.2. The van der Waals surface area contributed by atoms with Crippen LogP contribution in [0.2, 0.25) is 10.0 Å². The van der Waals surface area contributed by atoms with Crippen LogP contribution in [-0.2, 0) is 7.05 Å². The van der Waals surface area contributed by atoms with Crippen molar-refractivity contribution in [2.45, 2.75) is 13.0 Å². The summed E-state index contributed by atoms with van der Waals surface area (Å²) in [6, 6.07) is 7.59. The summed E-state index contributed by atoms with van der Waals surface area (Å²) in [6.45, 7) is 1.99. The van der Waals surface area contributed by atoms with Crippen molar-refractivity contribution in [2.75, 3.05) is 10.6 Å². The third-order valence-electron chi connectivity index (χ3n) is 3.43. The maximum Gasteiger partial charge on any atom is 0.229 e. The van der Waals surface area contributed by atoms with Crippen LogP contribution in [0.1, 0.15) is 18.5 Å². The molecule has 0 saturated heterocycles. The third kappa shape index (κ3) is 3.77. The summed E-state index contributed by atoms with van der Waals surface area (Å²) in [5.74, 6) is 0.965. The SMILES string of the molecule is CC(Nc1nc(Nc2cnn(C)c2)ncc1Cl)c1ccccc1Cl. The molecule has 24 heavy (non-hydrogen) atoms. The number of nitrogens with zero attached hydrogens (tertiary/aromatic N) is 4. The molecule has 6 nitrogen and oxygen atoms in total. The first-order chi connectivity index (χ1) is 11.5. The molecular formula is C16H16Cl2N6. The van der Waals surface area contributed by atoms with Gasteiger partial charge in [0.2, 0.25) is 5.95 Å². The van der Waals surface area contributed by atoms with Gasteiger partial charge in [-0.25, -0.2) is 4.98 Å². The number of aryl methyl sites for hydroxylation is 1. The van der Waals surface area contributed by atoms with Crippen molar-refractivity contribution in [1.82, 2.24) is 19.7 Å². The standard InChI is InChI=1S/C16H16Cl2N6/c1-10(12-5-3-4-6-13(12)17)21-15-14(18)8-19-16(23-15)22-11-7-20-24(2)9-11/h3-10H,1-2H3,(H2,19,21,22,23). The minimum atomic E-state index is -0.0580. The molecule has 0 spiro atoms. The summed E-state index contributed by atoms with van der Waals surface area (Å²) in [7, 11) is 1.84. The Bertz CT molecular complexity index is 848. The molecule has 0 fully saturated rings. The normalized spacial score (nSPS) is 12.0. The van der Waals surface area contributed by atoms with Gasteiger partial charge in [-0.2, -0.15) is 10.1 Å². The van der Waals surface area contributed by atoms with Crippen molar-refractivity contribution < 1.29 is 0 Å². The first-order valence-electron chi connectivity index (χ1n) is 7.32. The molecule has 124 valence electrons. The van der Waals surface area contributed by atoms with Gasteiger partial charge in [-0.1, -0.05) is 41.4 Å². The molecule has 8 heteroatoms. The van der Waals surface area contributed by atoms with Crippen molar-refractivity contribution in [3.8, 4) is 0 Å². The molecule has 0 aliphatic carbocycles. The van der Waals surface area contributed by atoms with Gasteiger partial charge in [0.25, 0.3) is 0 Å². The van der Waals surface area contributed by atoms with Crippen LogP contribution in [0.25, 0.3) is 0 Å². The number of hydrogen-bond acceptors (Lipinski definition) is 5. The number of nitrogens with one attached hydrogen (secondary N) is 2. The highest BCUT2D eigenvalue weighted by molar-refractivity contribution is 6.33. The Morgan fingerprint density at radius 1 is 1.12 bits per heavy atom. The van der Waals surface area contributed by atoms with Crippen molar-refractivity contribution >= 4 is 40.7 Å². The number of anilines is 3. The average Bonchev–Trinajstić information content (AvgIpc) is 2.96. The van der Waals surface area contributed by atoms with Crippen LogP contribution in [0.3, 0.4) is 0 Å². The number of halogens is 2. The zero-order valence-corrected chi connectivity index (χ0v) is 14.7. The molecule has 1 atom stereocenters. The fourth-order valence-corrected chi connectivity index (χ4v) is 2.70. The zero-order chi connectivity index (χ0) is 17.1. The Morgan fingerprint density at radius 3 is 2.62 bits per heavy atom. The van der Waals surface area contributed by atoms with Crippen LogP contribution in [0.5, 0.6) is 0 Å². The number of aromatic nitrogens is 4. The lowest BCUT2D eigenvalue weighted by Crippen LogP contribution is -2.10. The smallest absolute Gasteiger partial charge is 0.229 e. The van der Waals surface area contributed by atoms with Crippen molar-refractivity contribution in [3.05, 3.63) is 58.5 Å². The Hall–Kier alpha value is -2.31. The molecule has 0 amide bonds. The van der Waals surface area contributed by atoms with Crippen LogP contribution in [0, 0.1) is 0 Å². The summed E-state index contributed by atoms with van der Waals surface area (Å²) in [6.07, 6.45) is 5.07. The highest BCUT2D eigenvalue weighted by atomic mass is 35.5. The van der Waals surface area contributed by atoms with E-state index < -0.39 is 0 Å². The molecule has 0 radical (unpaired) electrons. The number of hydrogen-bond donors (Lipinski definition) is 2. The first-order valence-corrected chi connectivity index (χ1v) is 8.07. The largest absolute Gasteiger partial charge is 0.362 e. The second kappa shape index (κ2) is 7.07. The van der Waals surface area contributed by atoms with E-state index in [2.05, 4.69) is 25.7 Å². The van der Waals surface area contributed by atoms with Crippen LogP contribution in [0.4, 0.5) is 17.5 Å². The summed E-state index contributed by atoms with van der Waals surface area (Å²) in [5, 5.41) is 11.6.